The van der Waals surface area contributed by atoms with Crippen LogP contribution >= 0.6 is 34.8 Å². The molecule has 1 N–H and O–H groups in total. The van der Waals surface area contributed by atoms with Crippen LogP contribution in [0.1, 0.15) is 0 Å². The molecule has 0 aliphatic rings. The van der Waals surface area contributed by atoms with E-state index in [-0.39, 0.29) is 0 Å². The van der Waals surface area contributed by atoms with Gasteiger partial charge < -0.3 is 5.32 Å². The SMILES string of the molecule is Clc1ccc(Cl)c(Nc2cncc(Cl)n2)c1. The number of benzene rings is 1. The maximum atomic E-state index is 5.98. The average molecular weight is 275 g/mol. The van der Waals surface area contributed by atoms with Crippen LogP contribution in [0.2, 0.25) is 15.2 Å². The predicted molar refractivity (Wildman–Crippen MR) is 66.8 cm³/mol. The number of anilines is 2. The third-order valence-electron chi connectivity index (χ3n) is 1.80. The fourth-order valence-corrected chi connectivity index (χ4v) is 1.62. The minimum atomic E-state index is 0.308. The molecule has 0 aliphatic carbocycles. The zero-order valence-electron chi connectivity index (χ0n) is 7.92. The van der Waals surface area contributed by atoms with Crippen LogP contribution in [0.25, 0.3) is 0 Å². The van der Waals surface area contributed by atoms with Crippen molar-refractivity contribution in [2.45, 2.75) is 0 Å². The molecule has 1 aromatic heterocycles. The second kappa shape index (κ2) is 4.87. The fraction of sp³-hybridized carbons (Fsp3) is 0. The van der Waals surface area contributed by atoms with Gasteiger partial charge in [-0.1, -0.05) is 34.8 Å². The van der Waals surface area contributed by atoms with Crippen molar-refractivity contribution in [1.82, 2.24) is 9.97 Å². The number of nitrogens with zero attached hydrogens (tertiary/aromatic N) is 2. The van der Waals surface area contributed by atoms with Crippen LogP contribution in [0.4, 0.5) is 11.5 Å². The highest BCUT2D eigenvalue weighted by molar-refractivity contribution is 6.35. The summed E-state index contributed by atoms with van der Waals surface area (Å²) in [5.41, 5.74) is 0.658. The lowest BCUT2D eigenvalue weighted by molar-refractivity contribution is 1.20. The summed E-state index contributed by atoms with van der Waals surface area (Å²) in [5.74, 6) is 0.511. The molecular formula is C10H6Cl3N3. The number of hydrogen-bond donors (Lipinski definition) is 1. The minimum Gasteiger partial charge on any atom is -0.338 e. The van der Waals surface area contributed by atoms with Crippen molar-refractivity contribution in [3.8, 4) is 0 Å². The fourth-order valence-electron chi connectivity index (χ4n) is 1.13. The Hall–Kier alpha value is -1.03. The number of nitrogens with one attached hydrogen (secondary N) is 1. The normalized spacial score (nSPS) is 10.2. The first kappa shape index (κ1) is 11.5. The highest BCUT2D eigenvalue weighted by atomic mass is 35.5. The first-order chi connectivity index (χ1) is 7.65. The van der Waals surface area contributed by atoms with Crippen LogP contribution in [-0.2, 0) is 0 Å². The number of hydrogen-bond acceptors (Lipinski definition) is 3. The molecular weight excluding hydrogens is 268 g/mol. The summed E-state index contributed by atoms with van der Waals surface area (Å²) in [6.07, 6.45) is 3.00. The van der Waals surface area contributed by atoms with Crippen molar-refractivity contribution in [2.24, 2.45) is 0 Å². The summed E-state index contributed by atoms with van der Waals surface area (Å²) in [6.45, 7) is 0. The van der Waals surface area contributed by atoms with Gasteiger partial charge in [0.15, 0.2) is 5.82 Å². The molecule has 0 fully saturated rings. The molecule has 0 saturated heterocycles. The molecule has 16 heavy (non-hydrogen) atoms. The molecule has 82 valence electrons. The summed E-state index contributed by atoms with van der Waals surface area (Å²) in [6, 6.07) is 5.11. The van der Waals surface area contributed by atoms with Crippen LogP contribution in [0, 0.1) is 0 Å². The Balaban J connectivity index is 2.30. The summed E-state index contributed by atoms with van der Waals surface area (Å²) in [4.78, 5) is 7.93. The van der Waals surface area contributed by atoms with Crippen LogP contribution in [0.15, 0.2) is 30.6 Å². The van der Waals surface area contributed by atoms with Gasteiger partial charge in [0.2, 0.25) is 0 Å². The minimum absolute atomic E-state index is 0.308. The monoisotopic (exact) mass is 273 g/mol. The molecule has 0 saturated carbocycles. The van der Waals surface area contributed by atoms with Gasteiger partial charge in [0.05, 0.1) is 23.1 Å². The van der Waals surface area contributed by atoms with Gasteiger partial charge in [-0.15, -0.1) is 0 Å². The Labute approximate surface area is 107 Å². The molecule has 2 aromatic rings. The van der Waals surface area contributed by atoms with Gasteiger partial charge in [-0.2, -0.15) is 0 Å². The molecule has 1 heterocycles. The van der Waals surface area contributed by atoms with Crippen LogP contribution in [-0.4, -0.2) is 9.97 Å². The molecule has 0 radical (unpaired) electrons. The lowest BCUT2D eigenvalue weighted by Gasteiger charge is -2.07. The highest BCUT2D eigenvalue weighted by Crippen LogP contribution is 2.27. The smallest absolute Gasteiger partial charge is 0.150 e. The van der Waals surface area contributed by atoms with Gasteiger partial charge >= 0.3 is 0 Å². The Bertz CT molecular complexity index is 516. The van der Waals surface area contributed by atoms with E-state index in [4.69, 9.17) is 34.8 Å². The van der Waals surface area contributed by atoms with Gasteiger partial charge in [-0.3, -0.25) is 4.98 Å². The zero-order chi connectivity index (χ0) is 11.5. The Morgan fingerprint density at radius 3 is 2.62 bits per heavy atom. The van der Waals surface area contributed by atoms with Crippen LogP contribution in [0.3, 0.4) is 0 Å². The third kappa shape index (κ3) is 2.76. The van der Waals surface area contributed by atoms with Crippen molar-refractivity contribution >= 4 is 46.3 Å². The number of rotatable bonds is 2. The van der Waals surface area contributed by atoms with E-state index in [0.717, 1.165) is 0 Å². The van der Waals surface area contributed by atoms with Crippen molar-refractivity contribution in [1.29, 1.82) is 0 Å². The molecule has 0 atom stereocenters. The van der Waals surface area contributed by atoms with E-state index in [0.29, 0.717) is 26.7 Å². The molecule has 3 nitrogen and oxygen atoms in total. The first-order valence-electron chi connectivity index (χ1n) is 4.35. The third-order valence-corrected chi connectivity index (χ3v) is 2.54. The van der Waals surface area contributed by atoms with E-state index < -0.39 is 0 Å². The predicted octanol–water partition coefficient (Wildman–Crippen LogP) is 4.18. The summed E-state index contributed by atoms with van der Waals surface area (Å²) in [7, 11) is 0. The van der Waals surface area contributed by atoms with Gasteiger partial charge in [0, 0.05) is 5.02 Å². The average Bonchev–Trinajstić information content (AvgIpc) is 2.24. The van der Waals surface area contributed by atoms with E-state index in [1.165, 1.54) is 6.20 Å². The Kier molecular flexibility index (Phi) is 3.49. The second-order valence-electron chi connectivity index (χ2n) is 2.98. The molecule has 0 spiro atoms. The van der Waals surface area contributed by atoms with Gasteiger partial charge in [-0.25, -0.2) is 4.98 Å². The zero-order valence-corrected chi connectivity index (χ0v) is 10.2. The molecule has 1 aromatic carbocycles. The van der Waals surface area contributed by atoms with Crippen molar-refractivity contribution in [3.63, 3.8) is 0 Å². The number of aromatic nitrogens is 2. The molecule has 0 aliphatic heterocycles. The molecule has 6 heteroatoms. The van der Waals surface area contributed by atoms with E-state index >= 15 is 0 Å². The topological polar surface area (TPSA) is 37.8 Å². The van der Waals surface area contributed by atoms with Gasteiger partial charge in [0.25, 0.3) is 0 Å². The van der Waals surface area contributed by atoms with E-state index in [1.54, 1.807) is 24.4 Å². The summed E-state index contributed by atoms with van der Waals surface area (Å²) >= 11 is 17.5. The van der Waals surface area contributed by atoms with E-state index in [2.05, 4.69) is 15.3 Å². The van der Waals surface area contributed by atoms with E-state index in [1.807, 2.05) is 0 Å². The quantitative estimate of drug-likeness (QED) is 0.892. The van der Waals surface area contributed by atoms with Gasteiger partial charge in [-0.05, 0) is 18.2 Å². The maximum Gasteiger partial charge on any atom is 0.150 e. The summed E-state index contributed by atoms with van der Waals surface area (Å²) < 4.78 is 0. The standard InChI is InChI=1S/C10H6Cl3N3/c11-6-1-2-7(12)8(3-6)15-10-5-14-4-9(13)16-10/h1-5H,(H,15,16). The first-order valence-corrected chi connectivity index (χ1v) is 5.48. The molecule has 0 bridgehead atoms. The maximum absolute atomic E-state index is 5.98. The van der Waals surface area contributed by atoms with E-state index in [9.17, 15) is 0 Å². The van der Waals surface area contributed by atoms with Gasteiger partial charge in [0.1, 0.15) is 5.15 Å². The highest BCUT2D eigenvalue weighted by Gasteiger charge is 2.03. The van der Waals surface area contributed by atoms with Crippen LogP contribution in [0.5, 0.6) is 0 Å². The molecule has 0 unspecified atom stereocenters. The Morgan fingerprint density at radius 2 is 1.88 bits per heavy atom. The van der Waals surface area contributed by atoms with Crippen molar-refractivity contribution in [2.75, 3.05) is 5.32 Å². The van der Waals surface area contributed by atoms with Crippen molar-refractivity contribution < 1.29 is 0 Å². The lowest BCUT2D eigenvalue weighted by atomic mass is 10.3. The number of halogens is 3. The molecule has 0 amide bonds. The lowest BCUT2D eigenvalue weighted by Crippen LogP contribution is -1.95. The molecule has 2 rings (SSSR count). The second-order valence-corrected chi connectivity index (χ2v) is 4.21. The Morgan fingerprint density at radius 1 is 1.06 bits per heavy atom. The van der Waals surface area contributed by atoms with Crippen LogP contribution < -0.4 is 5.32 Å². The largest absolute Gasteiger partial charge is 0.338 e. The summed E-state index contributed by atoms with van der Waals surface area (Å²) in [5, 5.41) is 4.42. The van der Waals surface area contributed by atoms with Crippen molar-refractivity contribution in [3.05, 3.63) is 45.8 Å².